The maximum atomic E-state index is 11.7. The molecule has 5 heteroatoms. The molecule has 1 rings (SSSR count). The number of nitrogens with zero attached hydrogens (tertiary/aromatic N) is 2. The van der Waals surface area contributed by atoms with Crippen molar-refractivity contribution in [3.8, 4) is 6.07 Å². The number of rotatable bonds is 4. The Balaban J connectivity index is 2.71. The Hall–Kier alpha value is -2.09. The van der Waals surface area contributed by atoms with E-state index in [1.165, 1.54) is 6.20 Å². The van der Waals surface area contributed by atoms with Gasteiger partial charge in [0.1, 0.15) is 12.1 Å². The summed E-state index contributed by atoms with van der Waals surface area (Å²) in [6.45, 7) is 5.54. The lowest BCUT2D eigenvalue weighted by atomic mass is 10.2. The number of hydrogen-bond donors (Lipinski definition) is 2. The summed E-state index contributed by atoms with van der Waals surface area (Å²) in [5, 5.41) is 14.7. The average Bonchev–Trinajstić information content (AvgIpc) is 2.28. The van der Waals surface area contributed by atoms with E-state index in [2.05, 4.69) is 15.6 Å². The SMILES string of the molecule is CC(C)NC(=O)C(C)Nc1cnccc1C#N. The van der Waals surface area contributed by atoms with Crippen molar-refractivity contribution in [2.24, 2.45) is 0 Å². The van der Waals surface area contributed by atoms with Gasteiger partial charge in [-0.05, 0) is 26.8 Å². The zero-order chi connectivity index (χ0) is 12.8. The Morgan fingerprint density at radius 2 is 2.18 bits per heavy atom. The lowest BCUT2D eigenvalue weighted by Crippen LogP contribution is -2.41. The van der Waals surface area contributed by atoms with Gasteiger partial charge in [0.2, 0.25) is 5.91 Å². The van der Waals surface area contributed by atoms with Crippen molar-refractivity contribution >= 4 is 11.6 Å². The van der Waals surface area contributed by atoms with E-state index in [4.69, 9.17) is 5.26 Å². The van der Waals surface area contributed by atoms with Crippen molar-refractivity contribution < 1.29 is 4.79 Å². The summed E-state index contributed by atoms with van der Waals surface area (Å²) in [5.41, 5.74) is 1.05. The van der Waals surface area contributed by atoms with Gasteiger partial charge in [-0.15, -0.1) is 0 Å². The molecule has 5 nitrogen and oxygen atoms in total. The van der Waals surface area contributed by atoms with Gasteiger partial charge in [0.05, 0.1) is 17.4 Å². The second kappa shape index (κ2) is 5.85. The highest BCUT2D eigenvalue weighted by atomic mass is 16.2. The molecule has 0 fully saturated rings. The number of amides is 1. The first-order valence-corrected chi connectivity index (χ1v) is 5.45. The average molecular weight is 232 g/mol. The highest BCUT2D eigenvalue weighted by molar-refractivity contribution is 5.84. The molecule has 1 amide bonds. The van der Waals surface area contributed by atoms with Crippen LogP contribution in [-0.4, -0.2) is 23.0 Å². The van der Waals surface area contributed by atoms with Gasteiger partial charge in [0.15, 0.2) is 0 Å². The number of pyridine rings is 1. The van der Waals surface area contributed by atoms with Crippen LogP contribution in [-0.2, 0) is 4.79 Å². The highest BCUT2D eigenvalue weighted by Gasteiger charge is 2.14. The number of anilines is 1. The fourth-order valence-corrected chi connectivity index (χ4v) is 1.32. The molecule has 1 aromatic heterocycles. The molecule has 1 aromatic rings. The molecule has 2 N–H and O–H groups in total. The standard InChI is InChI=1S/C12H16N4O/c1-8(2)15-12(17)9(3)16-11-7-14-5-4-10(11)6-13/h4-5,7-9,16H,1-3H3,(H,15,17). The number of hydrogen-bond acceptors (Lipinski definition) is 4. The van der Waals surface area contributed by atoms with Crippen LogP contribution < -0.4 is 10.6 Å². The van der Waals surface area contributed by atoms with E-state index in [0.717, 1.165) is 0 Å². The van der Waals surface area contributed by atoms with Crippen molar-refractivity contribution in [2.75, 3.05) is 5.32 Å². The molecule has 0 bridgehead atoms. The van der Waals surface area contributed by atoms with Gasteiger partial charge in [-0.25, -0.2) is 0 Å². The summed E-state index contributed by atoms with van der Waals surface area (Å²) in [6.07, 6.45) is 3.08. The van der Waals surface area contributed by atoms with Crippen LogP contribution in [0.4, 0.5) is 5.69 Å². The Morgan fingerprint density at radius 1 is 1.47 bits per heavy atom. The van der Waals surface area contributed by atoms with E-state index in [0.29, 0.717) is 11.3 Å². The molecule has 0 aromatic carbocycles. The minimum atomic E-state index is -0.409. The second-order valence-electron chi connectivity index (χ2n) is 4.06. The summed E-state index contributed by atoms with van der Waals surface area (Å²) >= 11 is 0. The third kappa shape index (κ3) is 3.76. The molecule has 17 heavy (non-hydrogen) atoms. The minimum Gasteiger partial charge on any atom is -0.372 e. The second-order valence-corrected chi connectivity index (χ2v) is 4.06. The molecule has 1 heterocycles. The van der Waals surface area contributed by atoms with Crippen LogP contribution in [0.5, 0.6) is 0 Å². The maximum absolute atomic E-state index is 11.7. The van der Waals surface area contributed by atoms with Crippen molar-refractivity contribution in [2.45, 2.75) is 32.9 Å². The first-order chi connectivity index (χ1) is 8.04. The van der Waals surface area contributed by atoms with Crippen molar-refractivity contribution in [1.29, 1.82) is 5.26 Å². The number of nitrogens with one attached hydrogen (secondary N) is 2. The molecule has 0 saturated carbocycles. The summed E-state index contributed by atoms with van der Waals surface area (Å²) < 4.78 is 0. The van der Waals surface area contributed by atoms with Crippen LogP contribution in [0.1, 0.15) is 26.3 Å². The van der Waals surface area contributed by atoms with E-state index < -0.39 is 6.04 Å². The van der Waals surface area contributed by atoms with Crippen LogP contribution >= 0.6 is 0 Å². The van der Waals surface area contributed by atoms with E-state index >= 15 is 0 Å². The Morgan fingerprint density at radius 3 is 2.76 bits per heavy atom. The predicted molar refractivity (Wildman–Crippen MR) is 65.3 cm³/mol. The van der Waals surface area contributed by atoms with Crippen LogP contribution in [0.2, 0.25) is 0 Å². The van der Waals surface area contributed by atoms with Gasteiger partial charge in [-0.1, -0.05) is 0 Å². The third-order valence-corrected chi connectivity index (χ3v) is 2.14. The lowest BCUT2D eigenvalue weighted by Gasteiger charge is -2.17. The maximum Gasteiger partial charge on any atom is 0.242 e. The summed E-state index contributed by atoms with van der Waals surface area (Å²) in [6, 6.07) is 3.34. The van der Waals surface area contributed by atoms with Gasteiger partial charge in [-0.2, -0.15) is 5.26 Å². The van der Waals surface area contributed by atoms with Crippen LogP contribution in [0.3, 0.4) is 0 Å². The number of carbonyl (C=O) groups is 1. The molecular weight excluding hydrogens is 216 g/mol. The fourth-order valence-electron chi connectivity index (χ4n) is 1.32. The third-order valence-electron chi connectivity index (χ3n) is 2.14. The fraction of sp³-hybridized carbons (Fsp3) is 0.417. The molecule has 0 saturated heterocycles. The van der Waals surface area contributed by atoms with Gasteiger partial charge in [-0.3, -0.25) is 9.78 Å². The van der Waals surface area contributed by atoms with Crippen LogP contribution in [0.15, 0.2) is 18.5 Å². The monoisotopic (exact) mass is 232 g/mol. The number of aromatic nitrogens is 1. The number of carbonyl (C=O) groups excluding carboxylic acids is 1. The lowest BCUT2D eigenvalue weighted by molar-refractivity contribution is -0.122. The molecule has 0 aliphatic rings. The van der Waals surface area contributed by atoms with Gasteiger partial charge < -0.3 is 10.6 Å². The van der Waals surface area contributed by atoms with Gasteiger partial charge in [0.25, 0.3) is 0 Å². The van der Waals surface area contributed by atoms with E-state index in [1.807, 2.05) is 19.9 Å². The van der Waals surface area contributed by atoms with Gasteiger partial charge in [0, 0.05) is 12.2 Å². The first kappa shape index (κ1) is 13.0. The topological polar surface area (TPSA) is 77.8 Å². The molecule has 90 valence electrons. The van der Waals surface area contributed by atoms with Crippen molar-refractivity contribution in [3.05, 3.63) is 24.0 Å². The van der Waals surface area contributed by atoms with Crippen LogP contribution in [0.25, 0.3) is 0 Å². The molecule has 0 spiro atoms. The van der Waals surface area contributed by atoms with Crippen LogP contribution in [0, 0.1) is 11.3 Å². The Labute approximate surface area is 101 Å². The molecule has 0 radical (unpaired) electrons. The summed E-state index contributed by atoms with van der Waals surface area (Å²) in [7, 11) is 0. The summed E-state index contributed by atoms with van der Waals surface area (Å²) in [4.78, 5) is 15.6. The zero-order valence-electron chi connectivity index (χ0n) is 10.2. The predicted octanol–water partition coefficient (Wildman–Crippen LogP) is 1.28. The van der Waals surface area contributed by atoms with Crippen molar-refractivity contribution in [3.63, 3.8) is 0 Å². The minimum absolute atomic E-state index is 0.0936. The molecule has 0 aliphatic heterocycles. The first-order valence-electron chi connectivity index (χ1n) is 5.45. The van der Waals surface area contributed by atoms with E-state index in [-0.39, 0.29) is 11.9 Å². The molecule has 0 aliphatic carbocycles. The zero-order valence-corrected chi connectivity index (χ0v) is 10.2. The largest absolute Gasteiger partial charge is 0.372 e. The van der Waals surface area contributed by atoms with Gasteiger partial charge >= 0.3 is 0 Å². The summed E-state index contributed by atoms with van der Waals surface area (Å²) in [5.74, 6) is -0.104. The van der Waals surface area contributed by atoms with E-state index in [1.54, 1.807) is 19.2 Å². The quantitative estimate of drug-likeness (QED) is 0.819. The molecule has 1 unspecified atom stereocenters. The Bertz CT molecular complexity index is 436. The molecular formula is C12H16N4O. The van der Waals surface area contributed by atoms with E-state index in [9.17, 15) is 4.79 Å². The molecule has 1 atom stereocenters. The number of nitriles is 1. The Kier molecular flexibility index (Phi) is 4.46. The van der Waals surface area contributed by atoms with Crippen molar-refractivity contribution in [1.82, 2.24) is 10.3 Å². The smallest absolute Gasteiger partial charge is 0.242 e. The highest BCUT2D eigenvalue weighted by Crippen LogP contribution is 2.12. The normalized spacial score (nSPS) is 11.7.